The summed E-state index contributed by atoms with van der Waals surface area (Å²) < 4.78 is 5.21. The van der Waals surface area contributed by atoms with E-state index in [4.69, 9.17) is 9.84 Å². The number of carbonyl (C=O) groups is 1. The van der Waals surface area contributed by atoms with Crippen LogP contribution in [0.3, 0.4) is 0 Å². The first-order chi connectivity index (χ1) is 7.56. The van der Waals surface area contributed by atoms with Crippen LogP contribution in [0.2, 0.25) is 0 Å². The standard InChI is InChI=1S/C13H18O3/c1-9(2)11(13(14)15)8-10-6-4-5-7-12(10)16-3/h4-7,9,11H,8H2,1-3H3,(H,14,15). The van der Waals surface area contributed by atoms with Gasteiger partial charge in [-0.25, -0.2) is 0 Å². The summed E-state index contributed by atoms with van der Waals surface area (Å²) in [6.07, 6.45) is 0.511. The van der Waals surface area contributed by atoms with Gasteiger partial charge in [-0.15, -0.1) is 0 Å². The van der Waals surface area contributed by atoms with Crippen LogP contribution in [0.5, 0.6) is 5.75 Å². The molecule has 0 aliphatic heterocycles. The number of carboxylic acids is 1. The fourth-order valence-electron chi connectivity index (χ4n) is 1.72. The van der Waals surface area contributed by atoms with E-state index in [-0.39, 0.29) is 11.8 Å². The Labute approximate surface area is 96.1 Å². The smallest absolute Gasteiger partial charge is 0.307 e. The molecule has 0 amide bonds. The number of hydrogen-bond acceptors (Lipinski definition) is 2. The zero-order chi connectivity index (χ0) is 12.1. The van der Waals surface area contributed by atoms with Gasteiger partial charge >= 0.3 is 5.97 Å². The summed E-state index contributed by atoms with van der Waals surface area (Å²) in [5.41, 5.74) is 0.950. The quantitative estimate of drug-likeness (QED) is 0.833. The lowest BCUT2D eigenvalue weighted by molar-refractivity contribution is -0.143. The number of carboxylic acid groups (broad SMARTS) is 1. The Hall–Kier alpha value is -1.51. The van der Waals surface area contributed by atoms with Crippen LogP contribution in [-0.4, -0.2) is 18.2 Å². The van der Waals surface area contributed by atoms with Gasteiger partial charge in [-0.1, -0.05) is 32.0 Å². The highest BCUT2D eigenvalue weighted by atomic mass is 16.5. The third-order valence-electron chi connectivity index (χ3n) is 2.75. The van der Waals surface area contributed by atoms with Crippen molar-refractivity contribution < 1.29 is 14.6 Å². The van der Waals surface area contributed by atoms with Gasteiger partial charge in [0.05, 0.1) is 13.0 Å². The number of benzene rings is 1. The summed E-state index contributed by atoms with van der Waals surface area (Å²) in [5.74, 6) is -0.242. The van der Waals surface area contributed by atoms with Crippen LogP contribution >= 0.6 is 0 Å². The van der Waals surface area contributed by atoms with Crippen LogP contribution in [-0.2, 0) is 11.2 Å². The molecule has 0 radical (unpaired) electrons. The third-order valence-corrected chi connectivity index (χ3v) is 2.75. The average molecular weight is 222 g/mol. The molecule has 3 heteroatoms. The van der Waals surface area contributed by atoms with Crippen LogP contribution in [0.4, 0.5) is 0 Å². The highest BCUT2D eigenvalue weighted by molar-refractivity contribution is 5.70. The molecule has 0 aromatic heterocycles. The minimum atomic E-state index is -0.749. The monoisotopic (exact) mass is 222 g/mol. The number of hydrogen-bond donors (Lipinski definition) is 1. The molecule has 0 fully saturated rings. The van der Waals surface area contributed by atoms with E-state index in [9.17, 15) is 4.79 Å². The van der Waals surface area contributed by atoms with Gasteiger partial charge in [-0.3, -0.25) is 4.79 Å². The molecular formula is C13H18O3. The molecule has 1 atom stereocenters. The van der Waals surface area contributed by atoms with Gasteiger partial charge in [-0.05, 0) is 24.0 Å². The van der Waals surface area contributed by atoms with Gasteiger partial charge in [0.2, 0.25) is 0 Å². The topological polar surface area (TPSA) is 46.5 Å². The molecule has 1 aromatic rings. The molecule has 0 aliphatic rings. The maximum Gasteiger partial charge on any atom is 0.307 e. The van der Waals surface area contributed by atoms with Gasteiger partial charge in [0.15, 0.2) is 0 Å². The Kier molecular flexibility index (Phi) is 4.35. The van der Waals surface area contributed by atoms with Crippen molar-refractivity contribution >= 4 is 5.97 Å². The average Bonchev–Trinajstić information content (AvgIpc) is 2.25. The van der Waals surface area contributed by atoms with Crippen LogP contribution in [0.1, 0.15) is 19.4 Å². The molecule has 0 bridgehead atoms. The minimum Gasteiger partial charge on any atom is -0.496 e. The second kappa shape index (κ2) is 5.54. The van der Waals surface area contributed by atoms with Crippen molar-refractivity contribution in [1.82, 2.24) is 0 Å². The molecule has 0 spiro atoms. The van der Waals surface area contributed by atoms with E-state index in [1.165, 1.54) is 0 Å². The van der Waals surface area contributed by atoms with Crippen molar-refractivity contribution in [3.8, 4) is 5.75 Å². The third kappa shape index (κ3) is 2.99. The molecule has 1 rings (SSSR count). The molecule has 3 nitrogen and oxygen atoms in total. The van der Waals surface area contributed by atoms with Crippen molar-refractivity contribution in [2.45, 2.75) is 20.3 Å². The molecule has 1 unspecified atom stereocenters. The zero-order valence-corrected chi connectivity index (χ0v) is 9.93. The summed E-state index contributed by atoms with van der Waals surface area (Å²) in [4.78, 5) is 11.1. The lowest BCUT2D eigenvalue weighted by atomic mass is 9.89. The van der Waals surface area contributed by atoms with E-state index in [0.29, 0.717) is 6.42 Å². The van der Waals surface area contributed by atoms with Crippen LogP contribution in [0, 0.1) is 11.8 Å². The molecule has 0 heterocycles. The molecule has 0 aliphatic carbocycles. The van der Waals surface area contributed by atoms with Crippen molar-refractivity contribution in [2.24, 2.45) is 11.8 Å². The molecule has 88 valence electrons. The second-order valence-corrected chi connectivity index (χ2v) is 4.20. The van der Waals surface area contributed by atoms with E-state index in [0.717, 1.165) is 11.3 Å². The Morgan fingerprint density at radius 3 is 2.50 bits per heavy atom. The summed E-state index contributed by atoms with van der Waals surface area (Å²) in [6.45, 7) is 3.85. The molecule has 1 aromatic carbocycles. The lowest BCUT2D eigenvalue weighted by Crippen LogP contribution is -2.22. The second-order valence-electron chi connectivity index (χ2n) is 4.20. The van der Waals surface area contributed by atoms with Crippen molar-refractivity contribution in [1.29, 1.82) is 0 Å². The minimum absolute atomic E-state index is 0.113. The Bertz CT molecular complexity index is 358. The zero-order valence-electron chi connectivity index (χ0n) is 9.93. The number of aliphatic carboxylic acids is 1. The predicted octanol–water partition coefficient (Wildman–Crippen LogP) is 2.59. The Morgan fingerprint density at radius 1 is 1.38 bits per heavy atom. The molecular weight excluding hydrogens is 204 g/mol. The first-order valence-corrected chi connectivity index (χ1v) is 5.41. The summed E-state index contributed by atoms with van der Waals surface area (Å²) >= 11 is 0. The van der Waals surface area contributed by atoms with Gasteiger partial charge in [0.1, 0.15) is 5.75 Å². The van der Waals surface area contributed by atoms with Crippen molar-refractivity contribution in [2.75, 3.05) is 7.11 Å². The summed E-state index contributed by atoms with van der Waals surface area (Å²) in [7, 11) is 1.60. The SMILES string of the molecule is COc1ccccc1CC(C(=O)O)C(C)C. The summed E-state index contributed by atoms with van der Waals surface area (Å²) in [5, 5.41) is 9.13. The molecule has 16 heavy (non-hydrogen) atoms. The van der Waals surface area contributed by atoms with Crippen LogP contribution in [0.25, 0.3) is 0 Å². The van der Waals surface area contributed by atoms with Gasteiger partial charge in [0.25, 0.3) is 0 Å². The van der Waals surface area contributed by atoms with E-state index in [1.54, 1.807) is 7.11 Å². The summed E-state index contributed by atoms with van der Waals surface area (Å²) in [6, 6.07) is 7.55. The maximum absolute atomic E-state index is 11.1. The molecule has 0 saturated carbocycles. The van der Waals surface area contributed by atoms with Gasteiger partial charge in [0, 0.05) is 0 Å². The van der Waals surface area contributed by atoms with Crippen molar-refractivity contribution in [3.63, 3.8) is 0 Å². The van der Waals surface area contributed by atoms with Gasteiger partial charge in [-0.2, -0.15) is 0 Å². The first kappa shape index (κ1) is 12.6. The molecule has 0 saturated heterocycles. The van der Waals surface area contributed by atoms with Crippen molar-refractivity contribution in [3.05, 3.63) is 29.8 Å². The number of para-hydroxylation sites is 1. The van der Waals surface area contributed by atoms with E-state index in [1.807, 2.05) is 38.1 Å². The van der Waals surface area contributed by atoms with E-state index in [2.05, 4.69) is 0 Å². The lowest BCUT2D eigenvalue weighted by Gasteiger charge is -2.17. The number of rotatable bonds is 5. The fourth-order valence-corrected chi connectivity index (χ4v) is 1.72. The molecule has 1 N–H and O–H groups in total. The fraction of sp³-hybridized carbons (Fsp3) is 0.462. The maximum atomic E-state index is 11.1. The highest BCUT2D eigenvalue weighted by Gasteiger charge is 2.22. The number of methoxy groups -OCH3 is 1. The first-order valence-electron chi connectivity index (χ1n) is 5.41. The van der Waals surface area contributed by atoms with E-state index < -0.39 is 5.97 Å². The largest absolute Gasteiger partial charge is 0.496 e. The normalized spacial score (nSPS) is 12.5. The Balaban J connectivity index is 2.89. The highest BCUT2D eigenvalue weighted by Crippen LogP contribution is 2.24. The Morgan fingerprint density at radius 2 is 2.00 bits per heavy atom. The number of ether oxygens (including phenoxy) is 1. The van der Waals surface area contributed by atoms with Crippen LogP contribution in [0.15, 0.2) is 24.3 Å². The van der Waals surface area contributed by atoms with E-state index >= 15 is 0 Å². The predicted molar refractivity (Wildman–Crippen MR) is 62.7 cm³/mol. The van der Waals surface area contributed by atoms with Crippen LogP contribution < -0.4 is 4.74 Å². The van der Waals surface area contributed by atoms with Gasteiger partial charge < -0.3 is 9.84 Å².